The van der Waals surface area contributed by atoms with Gasteiger partial charge in [0.25, 0.3) is 0 Å². The largest absolute Gasteiger partial charge is 0.481 e. The van der Waals surface area contributed by atoms with Crippen LogP contribution in [0, 0.1) is 0 Å². The van der Waals surface area contributed by atoms with E-state index in [1.165, 1.54) is 11.1 Å². The van der Waals surface area contributed by atoms with E-state index in [0.29, 0.717) is 5.88 Å². The fourth-order valence-electron chi connectivity index (χ4n) is 3.22. The highest BCUT2D eigenvalue weighted by Gasteiger charge is 2.15. The molecule has 3 aromatic rings. The van der Waals surface area contributed by atoms with Crippen molar-refractivity contribution in [3.05, 3.63) is 72.1 Å². The number of nitrogens with one attached hydrogen (secondary N) is 2. The summed E-state index contributed by atoms with van der Waals surface area (Å²) in [6.07, 6.45) is 3.65. The lowest BCUT2D eigenvalue weighted by atomic mass is 10.1. The second-order valence-electron chi connectivity index (χ2n) is 6.56. The van der Waals surface area contributed by atoms with Crippen molar-refractivity contribution in [1.29, 1.82) is 0 Å². The lowest BCUT2D eigenvalue weighted by Crippen LogP contribution is -2.25. The molecule has 1 aliphatic heterocycles. The van der Waals surface area contributed by atoms with Gasteiger partial charge in [-0.15, -0.1) is 0 Å². The molecule has 138 valence electrons. The molecule has 27 heavy (non-hydrogen) atoms. The standard InChI is InChI=1S/C21H23N5O/c1-27-21-8-7-18(12-24-21)25-20-11-17-15-26(10-9-22-19(17)13-23-20)14-16-5-3-2-4-6-16/h2-8,11-13,22H,9-10,14-15H2,1H3,(H,23,25). The molecular weight excluding hydrogens is 338 g/mol. The third kappa shape index (κ3) is 4.35. The molecule has 4 rings (SSSR count). The van der Waals surface area contributed by atoms with Crippen molar-refractivity contribution >= 4 is 17.2 Å². The Balaban J connectivity index is 1.49. The lowest BCUT2D eigenvalue weighted by Gasteiger charge is -2.20. The first-order valence-corrected chi connectivity index (χ1v) is 9.06. The number of benzene rings is 1. The minimum absolute atomic E-state index is 0.594. The Morgan fingerprint density at radius 1 is 1.11 bits per heavy atom. The fraction of sp³-hybridized carbons (Fsp3) is 0.238. The summed E-state index contributed by atoms with van der Waals surface area (Å²) >= 11 is 0. The number of ether oxygens (including phenoxy) is 1. The number of anilines is 3. The molecule has 0 radical (unpaired) electrons. The van der Waals surface area contributed by atoms with E-state index in [9.17, 15) is 0 Å². The molecule has 6 heteroatoms. The first-order valence-electron chi connectivity index (χ1n) is 9.06. The predicted molar refractivity (Wildman–Crippen MR) is 107 cm³/mol. The van der Waals surface area contributed by atoms with Gasteiger partial charge in [-0.2, -0.15) is 0 Å². The molecule has 2 aromatic heterocycles. The molecule has 3 heterocycles. The SMILES string of the molecule is COc1ccc(Nc2cc3c(cn2)NCCN(Cc2ccccc2)C3)cn1. The number of fused-ring (bicyclic) bond motifs is 1. The highest BCUT2D eigenvalue weighted by atomic mass is 16.5. The number of hydrogen-bond acceptors (Lipinski definition) is 6. The second kappa shape index (κ2) is 8.05. The molecule has 0 atom stereocenters. The van der Waals surface area contributed by atoms with Gasteiger partial charge in [0.2, 0.25) is 5.88 Å². The molecule has 1 aliphatic rings. The zero-order chi connectivity index (χ0) is 18.5. The molecule has 6 nitrogen and oxygen atoms in total. The van der Waals surface area contributed by atoms with Crippen LogP contribution in [0.5, 0.6) is 5.88 Å². The van der Waals surface area contributed by atoms with Crippen molar-refractivity contribution in [1.82, 2.24) is 14.9 Å². The number of hydrogen-bond donors (Lipinski definition) is 2. The molecule has 0 unspecified atom stereocenters. The smallest absolute Gasteiger partial charge is 0.213 e. The molecule has 2 N–H and O–H groups in total. The maximum Gasteiger partial charge on any atom is 0.213 e. The number of pyridine rings is 2. The molecule has 0 bridgehead atoms. The maximum absolute atomic E-state index is 5.10. The Labute approximate surface area is 159 Å². The second-order valence-corrected chi connectivity index (χ2v) is 6.56. The van der Waals surface area contributed by atoms with Gasteiger partial charge in [0.05, 0.1) is 30.9 Å². The van der Waals surface area contributed by atoms with Crippen LogP contribution in [0.2, 0.25) is 0 Å². The van der Waals surface area contributed by atoms with Gasteiger partial charge < -0.3 is 15.4 Å². The Bertz CT molecular complexity index is 883. The highest BCUT2D eigenvalue weighted by Crippen LogP contribution is 2.25. The zero-order valence-corrected chi connectivity index (χ0v) is 15.4. The van der Waals surface area contributed by atoms with E-state index >= 15 is 0 Å². The van der Waals surface area contributed by atoms with Crippen LogP contribution in [-0.2, 0) is 13.1 Å². The van der Waals surface area contributed by atoms with Gasteiger partial charge in [0.1, 0.15) is 5.82 Å². The van der Waals surface area contributed by atoms with Crippen LogP contribution in [0.25, 0.3) is 0 Å². The molecule has 0 amide bonds. The summed E-state index contributed by atoms with van der Waals surface area (Å²) in [7, 11) is 1.61. The average Bonchev–Trinajstić information content (AvgIpc) is 2.90. The molecular formula is C21H23N5O. The third-order valence-electron chi connectivity index (χ3n) is 4.59. The van der Waals surface area contributed by atoms with Crippen LogP contribution in [0.1, 0.15) is 11.1 Å². The minimum atomic E-state index is 0.594. The Hall–Kier alpha value is -3.12. The van der Waals surface area contributed by atoms with E-state index < -0.39 is 0 Å². The van der Waals surface area contributed by atoms with Crippen LogP contribution in [-0.4, -0.2) is 35.1 Å². The topological polar surface area (TPSA) is 62.3 Å². The van der Waals surface area contributed by atoms with Crippen LogP contribution in [0.4, 0.5) is 17.2 Å². The lowest BCUT2D eigenvalue weighted by molar-refractivity contribution is 0.272. The van der Waals surface area contributed by atoms with Gasteiger partial charge in [-0.1, -0.05) is 30.3 Å². The molecule has 1 aromatic carbocycles. The van der Waals surface area contributed by atoms with Crippen molar-refractivity contribution in [2.75, 3.05) is 30.8 Å². The molecule has 0 saturated heterocycles. The normalized spacial score (nSPS) is 14.0. The monoisotopic (exact) mass is 361 g/mol. The summed E-state index contributed by atoms with van der Waals surface area (Å²) in [5, 5.41) is 6.80. The number of methoxy groups -OCH3 is 1. The maximum atomic E-state index is 5.10. The molecule has 0 spiro atoms. The molecule has 0 fully saturated rings. The number of nitrogens with zero attached hydrogens (tertiary/aromatic N) is 3. The van der Waals surface area contributed by atoms with Crippen LogP contribution < -0.4 is 15.4 Å². The van der Waals surface area contributed by atoms with Crippen LogP contribution in [0.15, 0.2) is 60.9 Å². The fourth-order valence-corrected chi connectivity index (χ4v) is 3.22. The number of aromatic nitrogens is 2. The summed E-state index contributed by atoms with van der Waals surface area (Å²) in [5.74, 6) is 1.40. The summed E-state index contributed by atoms with van der Waals surface area (Å²) in [5.41, 5.74) is 4.55. The van der Waals surface area contributed by atoms with E-state index in [0.717, 1.165) is 43.4 Å². The van der Waals surface area contributed by atoms with Gasteiger partial charge >= 0.3 is 0 Å². The van der Waals surface area contributed by atoms with Gasteiger partial charge in [-0.25, -0.2) is 9.97 Å². The van der Waals surface area contributed by atoms with Crippen molar-refractivity contribution in [3.8, 4) is 5.88 Å². The number of rotatable bonds is 5. The zero-order valence-electron chi connectivity index (χ0n) is 15.4. The Morgan fingerprint density at radius 2 is 2.00 bits per heavy atom. The van der Waals surface area contributed by atoms with E-state index in [1.807, 2.05) is 18.3 Å². The van der Waals surface area contributed by atoms with Crippen molar-refractivity contribution in [2.45, 2.75) is 13.1 Å². The van der Waals surface area contributed by atoms with Crippen molar-refractivity contribution in [3.63, 3.8) is 0 Å². The molecule has 0 saturated carbocycles. The van der Waals surface area contributed by atoms with Crippen LogP contribution >= 0.6 is 0 Å². The van der Waals surface area contributed by atoms with Gasteiger partial charge in [0, 0.05) is 32.2 Å². The van der Waals surface area contributed by atoms with Gasteiger partial charge in [-0.05, 0) is 23.3 Å². The van der Waals surface area contributed by atoms with Gasteiger partial charge in [0.15, 0.2) is 0 Å². The van der Waals surface area contributed by atoms with E-state index in [-0.39, 0.29) is 0 Å². The van der Waals surface area contributed by atoms with E-state index in [4.69, 9.17) is 4.74 Å². The third-order valence-corrected chi connectivity index (χ3v) is 4.59. The summed E-state index contributed by atoms with van der Waals surface area (Å²) < 4.78 is 5.10. The first kappa shape index (κ1) is 17.3. The van der Waals surface area contributed by atoms with Crippen molar-refractivity contribution in [2.24, 2.45) is 0 Å². The van der Waals surface area contributed by atoms with E-state index in [1.54, 1.807) is 13.3 Å². The minimum Gasteiger partial charge on any atom is -0.481 e. The quantitative estimate of drug-likeness (QED) is 0.723. The van der Waals surface area contributed by atoms with Gasteiger partial charge in [-0.3, -0.25) is 4.90 Å². The van der Waals surface area contributed by atoms with E-state index in [2.05, 4.69) is 61.9 Å². The summed E-state index contributed by atoms with van der Waals surface area (Å²) in [6, 6.07) is 16.5. The van der Waals surface area contributed by atoms with Crippen molar-refractivity contribution < 1.29 is 4.74 Å². The molecule has 0 aliphatic carbocycles. The predicted octanol–water partition coefficient (Wildman–Crippen LogP) is 3.66. The average molecular weight is 361 g/mol. The Morgan fingerprint density at radius 3 is 2.78 bits per heavy atom. The Kier molecular flexibility index (Phi) is 5.16. The summed E-state index contributed by atoms with van der Waals surface area (Å²) in [6.45, 7) is 3.73. The summed E-state index contributed by atoms with van der Waals surface area (Å²) in [4.78, 5) is 11.2. The first-order chi connectivity index (χ1) is 13.3. The van der Waals surface area contributed by atoms with Crippen LogP contribution in [0.3, 0.4) is 0 Å². The highest BCUT2D eigenvalue weighted by molar-refractivity contribution is 5.61.